The van der Waals surface area contributed by atoms with Crippen LogP contribution in [0.25, 0.3) is 0 Å². The first-order valence-electron chi connectivity index (χ1n) is 5.49. The number of anilines is 1. The van der Waals surface area contributed by atoms with E-state index in [2.05, 4.69) is 6.58 Å². The Morgan fingerprint density at radius 3 is 2.83 bits per heavy atom. The van der Waals surface area contributed by atoms with E-state index < -0.39 is 5.97 Å². The van der Waals surface area contributed by atoms with Crippen LogP contribution in [0.3, 0.4) is 0 Å². The number of carbonyl (C=O) groups is 2. The van der Waals surface area contributed by atoms with Crippen molar-refractivity contribution in [1.29, 1.82) is 0 Å². The standard InChI is InChI=1S/C13H12ClNO3/c1-2-8-6-11(16)15(7-8)12-9(13(17)18)4-3-5-10(12)14/h2-5,8H,1,6-7H2,(H,17,18). The lowest BCUT2D eigenvalue weighted by atomic mass is 10.1. The smallest absolute Gasteiger partial charge is 0.337 e. The van der Waals surface area contributed by atoms with Gasteiger partial charge in [-0.05, 0) is 12.1 Å². The van der Waals surface area contributed by atoms with Crippen molar-refractivity contribution < 1.29 is 14.7 Å². The van der Waals surface area contributed by atoms with Crippen molar-refractivity contribution in [3.63, 3.8) is 0 Å². The minimum absolute atomic E-state index is 0.0374. The average molecular weight is 266 g/mol. The third kappa shape index (κ3) is 2.11. The van der Waals surface area contributed by atoms with Gasteiger partial charge in [0, 0.05) is 18.9 Å². The number of rotatable bonds is 3. The molecule has 5 heteroatoms. The van der Waals surface area contributed by atoms with Gasteiger partial charge in [-0.15, -0.1) is 6.58 Å². The fourth-order valence-corrected chi connectivity index (χ4v) is 2.35. The van der Waals surface area contributed by atoms with Crippen LogP contribution in [0.15, 0.2) is 30.9 Å². The van der Waals surface area contributed by atoms with E-state index in [0.717, 1.165) is 0 Å². The third-order valence-corrected chi connectivity index (χ3v) is 3.28. The molecule has 18 heavy (non-hydrogen) atoms. The molecule has 1 fully saturated rings. The van der Waals surface area contributed by atoms with Gasteiger partial charge in [0.15, 0.2) is 0 Å². The number of carboxylic acids is 1. The SMILES string of the molecule is C=CC1CC(=O)N(c2c(Cl)cccc2C(=O)O)C1. The van der Waals surface area contributed by atoms with Gasteiger partial charge in [0.25, 0.3) is 0 Å². The molecular weight excluding hydrogens is 254 g/mol. The molecule has 1 aromatic rings. The van der Waals surface area contributed by atoms with Gasteiger partial charge in [0.05, 0.1) is 16.3 Å². The summed E-state index contributed by atoms with van der Waals surface area (Å²) in [5.41, 5.74) is 0.321. The molecule has 0 saturated carbocycles. The van der Waals surface area contributed by atoms with E-state index in [1.807, 2.05) is 0 Å². The van der Waals surface area contributed by atoms with Crippen molar-refractivity contribution in [2.75, 3.05) is 11.4 Å². The predicted octanol–water partition coefficient (Wildman–Crippen LogP) is 2.58. The minimum atomic E-state index is -1.10. The second kappa shape index (κ2) is 4.82. The highest BCUT2D eigenvalue weighted by Crippen LogP contribution is 2.34. The van der Waals surface area contributed by atoms with Crippen molar-refractivity contribution in [2.45, 2.75) is 6.42 Å². The van der Waals surface area contributed by atoms with Crippen molar-refractivity contribution in [3.8, 4) is 0 Å². The number of amides is 1. The number of hydrogen-bond donors (Lipinski definition) is 1. The summed E-state index contributed by atoms with van der Waals surface area (Å²) in [7, 11) is 0. The molecular formula is C13H12ClNO3. The van der Waals surface area contributed by atoms with Gasteiger partial charge in [-0.25, -0.2) is 4.79 Å². The average Bonchev–Trinajstić information content (AvgIpc) is 2.70. The lowest BCUT2D eigenvalue weighted by Gasteiger charge is -2.19. The van der Waals surface area contributed by atoms with Crippen LogP contribution in [0.4, 0.5) is 5.69 Å². The third-order valence-electron chi connectivity index (χ3n) is 2.98. The Labute approximate surface area is 109 Å². The van der Waals surface area contributed by atoms with Crippen LogP contribution in [-0.2, 0) is 4.79 Å². The molecule has 1 heterocycles. The molecule has 0 spiro atoms. The Morgan fingerprint density at radius 1 is 1.56 bits per heavy atom. The molecule has 1 aliphatic heterocycles. The molecule has 1 amide bonds. The lowest BCUT2D eigenvalue weighted by molar-refractivity contribution is -0.117. The first-order chi connectivity index (χ1) is 8.54. The first-order valence-corrected chi connectivity index (χ1v) is 5.87. The van der Waals surface area contributed by atoms with E-state index in [0.29, 0.717) is 13.0 Å². The second-order valence-corrected chi connectivity index (χ2v) is 4.55. The Hall–Kier alpha value is -1.81. The van der Waals surface area contributed by atoms with Crippen LogP contribution in [0.2, 0.25) is 5.02 Å². The summed E-state index contributed by atoms with van der Waals surface area (Å²) in [6, 6.07) is 4.58. The summed E-state index contributed by atoms with van der Waals surface area (Å²) in [5, 5.41) is 9.41. The summed E-state index contributed by atoms with van der Waals surface area (Å²) in [4.78, 5) is 24.5. The van der Waals surface area contributed by atoms with Gasteiger partial charge in [-0.2, -0.15) is 0 Å². The maximum atomic E-state index is 11.9. The van der Waals surface area contributed by atoms with Gasteiger partial charge in [0.2, 0.25) is 5.91 Å². The van der Waals surface area contributed by atoms with E-state index in [1.54, 1.807) is 18.2 Å². The maximum absolute atomic E-state index is 11.9. The Kier molecular flexibility index (Phi) is 3.39. The molecule has 0 aromatic heterocycles. The molecule has 0 radical (unpaired) electrons. The van der Waals surface area contributed by atoms with Crippen LogP contribution in [0, 0.1) is 5.92 Å². The number of hydrogen-bond acceptors (Lipinski definition) is 2. The summed E-state index contributed by atoms with van der Waals surface area (Å²) >= 11 is 6.03. The number of halogens is 1. The highest BCUT2D eigenvalue weighted by molar-refractivity contribution is 6.34. The van der Waals surface area contributed by atoms with E-state index in [-0.39, 0.29) is 28.1 Å². The van der Waals surface area contributed by atoms with Crippen LogP contribution in [0.5, 0.6) is 0 Å². The van der Waals surface area contributed by atoms with Crippen molar-refractivity contribution in [1.82, 2.24) is 0 Å². The van der Waals surface area contributed by atoms with Gasteiger partial charge in [-0.3, -0.25) is 4.79 Å². The van der Waals surface area contributed by atoms with E-state index in [4.69, 9.17) is 16.7 Å². The topological polar surface area (TPSA) is 57.6 Å². The number of carbonyl (C=O) groups excluding carboxylic acids is 1. The maximum Gasteiger partial charge on any atom is 0.337 e. The molecule has 1 aromatic carbocycles. The highest BCUT2D eigenvalue weighted by atomic mass is 35.5. The van der Waals surface area contributed by atoms with Gasteiger partial charge >= 0.3 is 5.97 Å². The van der Waals surface area contributed by atoms with Crippen LogP contribution in [-0.4, -0.2) is 23.5 Å². The number of benzene rings is 1. The lowest BCUT2D eigenvalue weighted by Crippen LogP contribution is -2.26. The second-order valence-electron chi connectivity index (χ2n) is 4.15. The summed E-state index contributed by atoms with van der Waals surface area (Å²) in [6.07, 6.45) is 2.04. The van der Waals surface area contributed by atoms with E-state index >= 15 is 0 Å². The molecule has 0 bridgehead atoms. The molecule has 1 unspecified atom stereocenters. The van der Waals surface area contributed by atoms with Gasteiger partial charge in [-0.1, -0.05) is 23.7 Å². The molecule has 1 saturated heterocycles. The monoisotopic (exact) mass is 265 g/mol. The van der Waals surface area contributed by atoms with Crippen molar-refractivity contribution in [3.05, 3.63) is 41.4 Å². The first kappa shape index (κ1) is 12.6. The minimum Gasteiger partial charge on any atom is -0.478 e. The fraction of sp³-hybridized carbons (Fsp3) is 0.231. The largest absolute Gasteiger partial charge is 0.478 e. The molecule has 2 rings (SSSR count). The molecule has 1 aliphatic rings. The molecule has 4 nitrogen and oxygen atoms in total. The normalized spacial score (nSPS) is 19.1. The molecule has 1 atom stereocenters. The zero-order valence-corrected chi connectivity index (χ0v) is 10.4. The highest BCUT2D eigenvalue weighted by Gasteiger charge is 2.32. The van der Waals surface area contributed by atoms with Crippen LogP contribution >= 0.6 is 11.6 Å². The number of nitrogens with zero attached hydrogens (tertiary/aromatic N) is 1. The summed E-state index contributed by atoms with van der Waals surface area (Å²) < 4.78 is 0. The number of para-hydroxylation sites is 1. The number of aromatic carboxylic acids is 1. The van der Waals surface area contributed by atoms with Crippen molar-refractivity contribution in [2.24, 2.45) is 5.92 Å². The zero-order chi connectivity index (χ0) is 13.3. The zero-order valence-electron chi connectivity index (χ0n) is 9.60. The molecule has 1 N–H and O–H groups in total. The van der Waals surface area contributed by atoms with Crippen molar-refractivity contribution >= 4 is 29.2 Å². The fourth-order valence-electron chi connectivity index (χ4n) is 2.07. The summed E-state index contributed by atoms with van der Waals surface area (Å²) in [6.45, 7) is 4.08. The van der Waals surface area contributed by atoms with Gasteiger partial charge in [0.1, 0.15) is 0 Å². The quantitative estimate of drug-likeness (QED) is 0.855. The van der Waals surface area contributed by atoms with E-state index in [9.17, 15) is 9.59 Å². The van der Waals surface area contributed by atoms with Gasteiger partial charge < -0.3 is 10.0 Å². The summed E-state index contributed by atoms with van der Waals surface area (Å²) in [5.74, 6) is -1.19. The Bertz CT molecular complexity index is 527. The molecule has 94 valence electrons. The van der Waals surface area contributed by atoms with E-state index in [1.165, 1.54) is 11.0 Å². The Morgan fingerprint density at radius 2 is 2.28 bits per heavy atom. The number of carboxylic acid groups (broad SMARTS) is 1. The molecule has 0 aliphatic carbocycles. The Balaban J connectivity index is 2.48. The van der Waals surface area contributed by atoms with Crippen LogP contribution < -0.4 is 4.90 Å². The van der Waals surface area contributed by atoms with Crippen LogP contribution in [0.1, 0.15) is 16.8 Å². The predicted molar refractivity (Wildman–Crippen MR) is 69.1 cm³/mol.